The molecule has 1 amide bonds. The van der Waals surface area contributed by atoms with Crippen LogP contribution in [0.4, 0.5) is 0 Å². The summed E-state index contributed by atoms with van der Waals surface area (Å²) in [6.45, 7) is 0.559. The van der Waals surface area contributed by atoms with E-state index in [0.717, 1.165) is 23.9 Å². The molecule has 0 bridgehead atoms. The Morgan fingerprint density at radius 3 is 3.00 bits per heavy atom. The summed E-state index contributed by atoms with van der Waals surface area (Å²) >= 11 is 3.34. The van der Waals surface area contributed by atoms with Gasteiger partial charge in [-0.15, -0.1) is 0 Å². The zero-order chi connectivity index (χ0) is 11.1. The number of nitrogens with one attached hydrogen (secondary N) is 1. The lowest BCUT2D eigenvalue weighted by Crippen LogP contribution is -2.23. The molecule has 1 aromatic heterocycles. The van der Waals surface area contributed by atoms with Gasteiger partial charge in [0, 0.05) is 25.0 Å². The van der Waals surface area contributed by atoms with E-state index in [9.17, 15) is 4.79 Å². The van der Waals surface area contributed by atoms with Crippen molar-refractivity contribution in [2.75, 3.05) is 5.33 Å². The maximum atomic E-state index is 11.4. The van der Waals surface area contributed by atoms with Gasteiger partial charge in [-0.25, -0.2) is 0 Å². The van der Waals surface area contributed by atoms with E-state index < -0.39 is 0 Å². The Morgan fingerprint density at radius 2 is 2.40 bits per heavy atom. The summed E-state index contributed by atoms with van der Waals surface area (Å²) in [5, 5.41) is 7.86. The molecule has 0 aliphatic carbocycles. The number of aromatic nitrogens is 2. The minimum Gasteiger partial charge on any atom is -0.350 e. The molecule has 0 unspecified atom stereocenters. The van der Waals surface area contributed by atoms with Crippen molar-refractivity contribution in [1.29, 1.82) is 0 Å². The molecule has 1 rings (SSSR count). The van der Waals surface area contributed by atoms with Gasteiger partial charge in [0.25, 0.3) is 0 Å². The average Bonchev–Trinajstić information content (AvgIpc) is 2.61. The lowest BCUT2D eigenvalue weighted by molar-refractivity contribution is -0.121. The second-order valence-electron chi connectivity index (χ2n) is 3.37. The summed E-state index contributed by atoms with van der Waals surface area (Å²) in [5.74, 6) is 0.108. The maximum absolute atomic E-state index is 11.4. The quantitative estimate of drug-likeness (QED) is 0.632. The van der Waals surface area contributed by atoms with E-state index in [1.807, 2.05) is 13.1 Å². The number of unbranched alkanes of at least 4 members (excludes halogenated alkanes) is 1. The van der Waals surface area contributed by atoms with Gasteiger partial charge in [-0.05, 0) is 18.9 Å². The second-order valence-corrected chi connectivity index (χ2v) is 4.16. The van der Waals surface area contributed by atoms with Crippen LogP contribution >= 0.6 is 15.9 Å². The van der Waals surface area contributed by atoms with E-state index in [1.165, 1.54) is 0 Å². The number of amides is 1. The average molecular weight is 274 g/mol. The number of carbonyl (C=O) groups excluding carboxylic acids is 1. The fourth-order valence-electron chi connectivity index (χ4n) is 1.23. The van der Waals surface area contributed by atoms with Crippen molar-refractivity contribution in [2.45, 2.75) is 25.8 Å². The molecule has 4 nitrogen and oxygen atoms in total. The highest BCUT2D eigenvalue weighted by Crippen LogP contribution is 1.99. The lowest BCUT2D eigenvalue weighted by Gasteiger charge is -2.04. The van der Waals surface area contributed by atoms with E-state index in [1.54, 1.807) is 10.9 Å². The Bertz CT molecular complexity index is 311. The Kier molecular flexibility index (Phi) is 5.39. The van der Waals surface area contributed by atoms with Crippen molar-refractivity contribution >= 4 is 21.8 Å². The van der Waals surface area contributed by atoms with Gasteiger partial charge >= 0.3 is 0 Å². The van der Waals surface area contributed by atoms with Crippen LogP contribution in [0.15, 0.2) is 12.3 Å². The normalized spacial score (nSPS) is 10.3. The predicted molar refractivity (Wildman–Crippen MR) is 62.7 cm³/mol. The van der Waals surface area contributed by atoms with Crippen LogP contribution in [0.3, 0.4) is 0 Å². The highest BCUT2D eigenvalue weighted by molar-refractivity contribution is 9.09. The van der Waals surface area contributed by atoms with E-state index in [0.29, 0.717) is 13.0 Å². The first kappa shape index (κ1) is 12.2. The Balaban J connectivity index is 2.20. The summed E-state index contributed by atoms with van der Waals surface area (Å²) < 4.78 is 1.76. The first-order valence-corrected chi connectivity index (χ1v) is 6.15. The van der Waals surface area contributed by atoms with Crippen LogP contribution in [0.1, 0.15) is 25.0 Å². The van der Waals surface area contributed by atoms with Crippen molar-refractivity contribution in [2.24, 2.45) is 7.05 Å². The molecule has 0 fully saturated rings. The molecule has 1 heterocycles. The number of hydrogen-bond acceptors (Lipinski definition) is 2. The van der Waals surface area contributed by atoms with Gasteiger partial charge in [0.15, 0.2) is 0 Å². The molecule has 84 valence electrons. The number of nitrogens with zero attached hydrogens (tertiary/aromatic N) is 2. The van der Waals surface area contributed by atoms with Crippen LogP contribution in [0.5, 0.6) is 0 Å². The Labute approximate surface area is 98.2 Å². The molecule has 1 N–H and O–H groups in total. The molecule has 0 aliphatic heterocycles. The summed E-state index contributed by atoms with van der Waals surface area (Å²) in [6, 6.07) is 1.90. The summed E-state index contributed by atoms with van der Waals surface area (Å²) in [5.41, 5.74) is 1.02. The smallest absolute Gasteiger partial charge is 0.220 e. The third-order valence-corrected chi connectivity index (χ3v) is 2.74. The fourth-order valence-corrected chi connectivity index (χ4v) is 1.63. The molecule has 0 atom stereocenters. The molecule has 0 aromatic carbocycles. The molecule has 0 aliphatic rings. The molecular formula is C10H16BrN3O. The first-order valence-electron chi connectivity index (χ1n) is 5.03. The molecule has 0 spiro atoms. The van der Waals surface area contributed by atoms with E-state index in [4.69, 9.17) is 0 Å². The highest BCUT2D eigenvalue weighted by Gasteiger charge is 2.02. The van der Waals surface area contributed by atoms with Gasteiger partial charge in [-0.3, -0.25) is 9.48 Å². The third kappa shape index (κ3) is 4.46. The van der Waals surface area contributed by atoms with Crippen LogP contribution in [-0.4, -0.2) is 21.0 Å². The van der Waals surface area contributed by atoms with Gasteiger partial charge in [0.1, 0.15) is 0 Å². The molecule has 5 heteroatoms. The van der Waals surface area contributed by atoms with E-state index >= 15 is 0 Å². The predicted octanol–water partition coefficient (Wildman–Crippen LogP) is 1.60. The second kappa shape index (κ2) is 6.61. The number of aryl methyl sites for hydroxylation is 1. The summed E-state index contributed by atoms with van der Waals surface area (Å²) in [4.78, 5) is 11.4. The summed E-state index contributed by atoms with van der Waals surface area (Å²) in [6.07, 6.45) is 4.30. The highest BCUT2D eigenvalue weighted by atomic mass is 79.9. The monoisotopic (exact) mass is 273 g/mol. The Morgan fingerprint density at radius 1 is 1.60 bits per heavy atom. The van der Waals surface area contributed by atoms with Gasteiger partial charge in [0.2, 0.25) is 5.91 Å². The van der Waals surface area contributed by atoms with Crippen LogP contribution < -0.4 is 5.32 Å². The van der Waals surface area contributed by atoms with Crippen LogP contribution in [-0.2, 0) is 18.4 Å². The zero-order valence-electron chi connectivity index (χ0n) is 8.87. The molecule has 15 heavy (non-hydrogen) atoms. The van der Waals surface area contributed by atoms with Crippen molar-refractivity contribution in [3.8, 4) is 0 Å². The number of halogens is 1. The van der Waals surface area contributed by atoms with Crippen molar-refractivity contribution in [1.82, 2.24) is 15.1 Å². The minimum absolute atomic E-state index is 0.108. The van der Waals surface area contributed by atoms with Gasteiger partial charge in [0.05, 0.1) is 12.2 Å². The van der Waals surface area contributed by atoms with Crippen LogP contribution in [0.25, 0.3) is 0 Å². The molecular weight excluding hydrogens is 258 g/mol. The summed E-state index contributed by atoms with van der Waals surface area (Å²) in [7, 11) is 1.87. The topological polar surface area (TPSA) is 46.9 Å². The number of hydrogen-bond donors (Lipinski definition) is 1. The van der Waals surface area contributed by atoms with Crippen molar-refractivity contribution < 1.29 is 4.79 Å². The first-order chi connectivity index (χ1) is 7.24. The minimum atomic E-state index is 0.108. The van der Waals surface area contributed by atoms with Crippen LogP contribution in [0, 0.1) is 0 Å². The van der Waals surface area contributed by atoms with Crippen molar-refractivity contribution in [3.05, 3.63) is 18.0 Å². The largest absolute Gasteiger partial charge is 0.350 e. The van der Waals surface area contributed by atoms with Gasteiger partial charge < -0.3 is 5.32 Å². The standard InChI is InChI=1S/C10H16BrN3O/c1-14-9(5-7-13-14)8-12-10(15)4-2-3-6-11/h5,7H,2-4,6,8H2,1H3,(H,12,15). The molecule has 0 radical (unpaired) electrons. The third-order valence-electron chi connectivity index (χ3n) is 2.18. The fraction of sp³-hybridized carbons (Fsp3) is 0.600. The Hall–Kier alpha value is -0.840. The van der Waals surface area contributed by atoms with Crippen molar-refractivity contribution in [3.63, 3.8) is 0 Å². The zero-order valence-corrected chi connectivity index (χ0v) is 10.5. The van der Waals surface area contributed by atoms with E-state index in [2.05, 4.69) is 26.3 Å². The molecule has 0 saturated carbocycles. The maximum Gasteiger partial charge on any atom is 0.220 e. The number of alkyl halides is 1. The molecule has 1 aromatic rings. The lowest BCUT2D eigenvalue weighted by atomic mass is 10.2. The van der Waals surface area contributed by atoms with Gasteiger partial charge in [-0.1, -0.05) is 15.9 Å². The van der Waals surface area contributed by atoms with Gasteiger partial charge in [-0.2, -0.15) is 5.10 Å². The number of carbonyl (C=O) groups is 1. The van der Waals surface area contributed by atoms with Crippen LogP contribution in [0.2, 0.25) is 0 Å². The molecule has 0 saturated heterocycles. The van der Waals surface area contributed by atoms with E-state index in [-0.39, 0.29) is 5.91 Å². The SMILES string of the molecule is Cn1nccc1CNC(=O)CCCCBr. The number of rotatable bonds is 6.